The lowest BCUT2D eigenvalue weighted by Gasteiger charge is -2.31. The van der Waals surface area contributed by atoms with Crippen molar-refractivity contribution in [2.45, 2.75) is 25.8 Å². The summed E-state index contributed by atoms with van der Waals surface area (Å²) < 4.78 is 8.01. The van der Waals surface area contributed by atoms with Crippen LogP contribution in [0.5, 0.6) is 0 Å². The number of carbonyl (C=O) groups is 2. The van der Waals surface area contributed by atoms with Crippen LogP contribution in [0.15, 0.2) is 53.3 Å². The predicted molar refractivity (Wildman–Crippen MR) is 131 cm³/mol. The molecule has 4 heterocycles. The maximum absolute atomic E-state index is 11.6. The van der Waals surface area contributed by atoms with Gasteiger partial charge < -0.3 is 20.8 Å². The SMILES string of the molecule is CC(=O)N1CCC(n2cc(-c3cnc(N)c4oc(-c5cccc(C=O)c5)cc34)cn2)CC1.CN. The van der Waals surface area contributed by atoms with E-state index in [-0.39, 0.29) is 11.9 Å². The van der Waals surface area contributed by atoms with Crippen molar-refractivity contribution >= 4 is 29.0 Å². The third kappa shape index (κ3) is 4.42. The summed E-state index contributed by atoms with van der Waals surface area (Å²) >= 11 is 0. The van der Waals surface area contributed by atoms with E-state index in [9.17, 15) is 9.59 Å². The maximum Gasteiger partial charge on any atom is 0.219 e. The molecule has 9 nitrogen and oxygen atoms in total. The summed E-state index contributed by atoms with van der Waals surface area (Å²) in [5.41, 5.74) is 14.3. The molecule has 4 N–H and O–H groups in total. The van der Waals surface area contributed by atoms with Crippen molar-refractivity contribution in [2.75, 3.05) is 25.9 Å². The van der Waals surface area contributed by atoms with Gasteiger partial charge in [-0.05, 0) is 32.0 Å². The number of aromatic nitrogens is 3. The highest BCUT2D eigenvalue weighted by molar-refractivity contribution is 6.00. The third-order valence-electron chi connectivity index (χ3n) is 6.09. The van der Waals surface area contributed by atoms with Crippen molar-refractivity contribution in [3.05, 3.63) is 54.5 Å². The molecule has 1 aromatic carbocycles. The first-order chi connectivity index (χ1) is 16.5. The quantitative estimate of drug-likeness (QED) is 0.445. The fraction of sp³-hybridized carbons (Fsp3) is 0.280. The number of fused-ring (bicyclic) bond motifs is 1. The Morgan fingerprint density at radius 3 is 2.62 bits per heavy atom. The van der Waals surface area contributed by atoms with Crippen LogP contribution in [0.25, 0.3) is 33.4 Å². The van der Waals surface area contributed by atoms with Crippen LogP contribution < -0.4 is 11.5 Å². The highest BCUT2D eigenvalue weighted by Crippen LogP contribution is 2.37. The van der Waals surface area contributed by atoms with Gasteiger partial charge in [0, 0.05) is 60.0 Å². The third-order valence-corrected chi connectivity index (χ3v) is 6.09. The van der Waals surface area contributed by atoms with E-state index in [0.717, 1.165) is 54.3 Å². The Hall–Kier alpha value is -3.98. The molecule has 0 aliphatic carbocycles. The largest absolute Gasteiger partial charge is 0.452 e. The first-order valence-corrected chi connectivity index (χ1v) is 11.1. The second kappa shape index (κ2) is 9.88. The van der Waals surface area contributed by atoms with Crippen LogP contribution in [0.3, 0.4) is 0 Å². The number of hydrogen-bond acceptors (Lipinski definition) is 7. The second-order valence-electron chi connectivity index (χ2n) is 8.10. The molecule has 9 heteroatoms. The van der Waals surface area contributed by atoms with E-state index in [0.29, 0.717) is 22.7 Å². The van der Waals surface area contributed by atoms with Gasteiger partial charge in [-0.3, -0.25) is 14.3 Å². The van der Waals surface area contributed by atoms with Crippen molar-refractivity contribution in [1.82, 2.24) is 19.7 Å². The number of nitrogen functional groups attached to an aromatic ring is 1. The maximum atomic E-state index is 11.6. The summed E-state index contributed by atoms with van der Waals surface area (Å²) in [5.74, 6) is 1.05. The van der Waals surface area contributed by atoms with E-state index in [2.05, 4.69) is 15.8 Å². The number of benzene rings is 1. The van der Waals surface area contributed by atoms with E-state index in [1.165, 1.54) is 7.05 Å². The molecule has 34 heavy (non-hydrogen) atoms. The van der Waals surface area contributed by atoms with Crippen LogP contribution in [0, 0.1) is 0 Å². The number of furan rings is 1. The van der Waals surface area contributed by atoms with E-state index in [1.807, 2.05) is 40.2 Å². The fourth-order valence-corrected chi connectivity index (χ4v) is 4.30. The number of pyridine rings is 1. The van der Waals surface area contributed by atoms with Crippen LogP contribution in [-0.4, -0.2) is 52.0 Å². The lowest BCUT2D eigenvalue weighted by molar-refractivity contribution is -0.130. The fourth-order valence-electron chi connectivity index (χ4n) is 4.30. The zero-order chi connectivity index (χ0) is 24.2. The minimum Gasteiger partial charge on any atom is -0.452 e. The molecule has 0 spiro atoms. The summed E-state index contributed by atoms with van der Waals surface area (Å²) in [6, 6.07) is 9.41. The van der Waals surface area contributed by atoms with Crippen molar-refractivity contribution in [2.24, 2.45) is 5.73 Å². The molecule has 5 rings (SSSR count). The Kier molecular flexibility index (Phi) is 6.74. The van der Waals surface area contributed by atoms with Crippen LogP contribution in [0.2, 0.25) is 0 Å². The molecule has 0 bridgehead atoms. The number of piperidine rings is 1. The summed E-state index contributed by atoms with van der Waals surface area (Å²) in [6.07, 6.45) is 8.13. The number of likely N-dealkylation sites (tertiary alicyclic amines) is 1. The minimum atomic E-state index is 0.120. The second-order valence-corrected chi connectivity index (χ2v) is 8.10. The van der Waals surface area contributed by atoms with Crippen molar-refractivity contribution < 1.29 is 14.0 Å². The summed E-state index contributed by atoms with van der Waals surface area (Å²) in [6.45, 7) is 3.10. The summed E-state index contributed by atoms with van der Waals surface area (Å²) in [4.78, 5) is 28.9. The number of rotatable bonds is 4. The van der Waals surface area contributed by atoms with Gasteiger partial charge in [-0.25, -0.2) is 4.98 Å². The van der Waals surface area contributed by atoms with Gasteiger partial charge in [0.2, 0.25) is 5.91 Å². The Labute approximate surface area is 197 Å². The molecule has 1 fully saturated rings. The Morgan fingerprint density at radius 2 is 1.91 bits per heavy atom. The minimum absolute atomic E-state index is 0.120. The number of hydrogen-bond donors (Lipinski definition) is 2. The average Bonchev–Trinajstić information content (AvgIpc) is 3.54. The van der Waals surface area contributed by atoms with Crippen molar-refractivity contribution in [3.63, 3.8) is 0 Å². The van der Waals surface area contributed by atoms with E-state index in [4.69, 9.17) is 10.2 Å². The van der Waals surface area contributed by atoms with Crippen LogP contribution in [-0.2, 0) is 4.79 Å². The molecule has 3 aromatic heterocycles. The number of amides is 1. The number of nitrogens with two attached hydrogens (primary N) is 2. The number of nitrogens with zero attached hydrogens (tertiary/aromatic N) is 4. The number of aldehydes is 1. The molecule has 0 unspecified atom stereocenters. The van der Waals surface area contributed by atoms with Gasteiger partial charge in [0.05, 0.1) is 12.2 Å². The lowest BCUT2D eigenvalue weighted by Crippen LogP contribution is -2.37. The molecule has 4 aromatic rings. The van der Waals surface area contributed by atoms with Gasteiger partial charge in [0.25, 0.3) is 0 Å². The number of anilines is 1. The zero-order valence-corrected chi connectivity index (χ0v) is 19.3. The predicted octanol–water partition coefficient (Wildman–Crippen LogP) is 3.51. The topological polar surface area (TPSA) is 133 Å². The van der Waals surface area contributed by atoms with Gasteiger partial charge in [-0.2, -0.15) is 5.10 Å². The highest BCUT2D eigenvalue weighted by atomic mass is 16.3. The van der Waals surface area contributed by atoms with E-state index >= 15 is 0 Å². The standard InChI is InChI=1S/C24H23N5O3.CH5N/c1-15(31)28-7-5-19(6-8-28)29-13-18(11-27-29)21-12-26-24(25)23-20(21)10-22(32-23)17-4-2-3-16(9-17)14-30;1-2/h2-4,9-14,19H,5-8H2,1H3,(H2,25,26);2H2,1H3. The smallest absolute Gasteiger partial charge is 0.219 e. The van der Waals surface area contributed by atoms with Crippen LogP contribution in [0.4, 0.5) is 5.82 Å². The van der Waals surface area contributed by atoms with Gasteiger partial charge in [-0.15, -0.1) is 0 Å². The number of carbonyl (C=O) groups excluding carboxylic acids is 2. The van der Waals surface area contributed by atoms with Crippen LogP contribution in [0.1, 0.15) is 36.2 Å². The monoisotopic (exact) mass is 460 g/mol. The molecule has 0 saturated carbocycles. The van der Waals surface area contributed by atoms with Gasteiger partial charge in [-0.1, -0.05) is 18.2 Å². The van der Waals surface area contributed by atoms with Crippen molar-refractivity contribution in [3.8, 4) is 22.5 Å². The Bertz CT molecular complexity index is 1320. The van der Waals surface area contributed by atoms with Gasteiger partial charge >= 0.3 is 0 Å². The van der Waals surface area contributed by atoms with Crippen LogP contribution >= 0.6 is 0 Å². The van der Waals surface area contributed by atoms with Gasteiger partial charge in [0.15, 0.2) is 11.4 Å². The molecule has 176 valence electrons. The van der Waals surface area contributed by atoms with Gasteiger partial charge in [0.1, 0.15) is 12.0 Å². The molecule has 1 amide bonds. The van der Waals surface area contributed by atoms with E-state index in [1.54, 1.807) is 25.3 Å². The summed E-state index contributed by atoms with van der Waals surface area (Å²) in [5, 5.41) is 5.43. The Balaban J connectivity index is 0.00000133. The first-order valence-electron chi connectivity index (χ1n) is 11.1. The first kappa shape index (κ1) is 23.2. The summed E-state index contributed by atoms with van der Waals surface area (Å²) in [7, 11) is 1.50. The zero-order valence-electron chi connectivity index (χ0n) is 19.3. The highest BCUT2D eigenvalue weighted by Gasteiger charge is 2.23. The Morgan fingerprint density at radius 1 is 1.15 bits per heavy atom. The lowest BCUT2D eigenvalue weighted by atomic mass is 10.0. The average molecular weight is 461 g/mol. The van der Waals surface area contributed by atoms with E-state index < -0.39 is 0 Å². The molecular weight excluding hydrogens is 432 g/mol. The van der Waals surface area contributed by atoms with Crippen molar-refractivity contribution in [1.29, 1.82) is 0 Å². The molecular formula is C25H28N6O3. The molecule has 1 aliphatic heterocycles. The molecule has 0 radical (unpaired) electrons. The molecule has 1 saturated heterocycles. The molecule has 1 aliphatic rings. The molecule has 0 atom stereocenters. The normalized spacial score (nSPS) is 14.0.